The van der Waals surface area contributed by atoms with Crippen molar-refractivity contribution in [2.75, 3.05) is 19.6 Å². The van der Waals surface area contributed by atoms with Crippen LogP contribution in [0.4, 0.5) is 0 Å². The van der Waals surface area contributed by atoms with Crippen molar-refractivity contribution in [1.29, 1.82) is 0 Å². The van der Waals surface area contributed by atoms with Gasteiger partial charge < -0.3 is 16.0 Å². The minimum atomic E-state index is -0.170. The summed E-state index contributed by atoms with van der Waals surface area (Å²) in [5, 5.41) is 8.77. The third-order valence-electron chi connectivity index (χ3n) is 2.90. The molecule has 0 saturated heterocycles. The van der Waals surface area contributed by atoms with Gasteiger partial charge in [0.15, 0.2) is 0 Å². The molecule has 1 atom stereocenters. The molecule has 1 aromatic rings. The van der Waals surface area contributed by atoms with Gasteiger partial charge in [0, 0.05) is 35.6 Å². The number of nitrogens with one attached hydrogen (secondary N) is 3. The van der Waals surface area contributed by atoms with Crippen molar-refractivity contribution in [1.82, 2.24) is 16.0 Å². The van der Waals surface area contributed by atoms with Crippen LogP contribution in [-0.2, 0) is 4.79 Å². The SMILES string of the molecule is CCN[C@H](C)CNC(=O)CCNC(=O)c1ccc(Br)cc1. The van der Waals surface area contributed by atoms with Gasteiger partial charge in [0.25, 0.3) is 5.91 Å². The Morgan fingerprint density at radius 2 is 1.86 bits per heavy atom. The molecule has 0 aliphatic heterocycles. The van der Waals surface area contributed by atoms with Gasteiger partial charge in [-0.3, -0.25) is 9.59 Å². The highest BCUT2D eigenvalue weighted by Crippen LogP contribution is 2.10. The summed E-state index contributed by atoms with van der Waals surface area (Å²) in [6.45, 7) is 5.83. The van der Waals surface area contributed by atoms with Crippen LogP contribution in [0.25, 0.3) is 0 Å². The fraction of sp³-hybridized carbons (Fsp3) is 0.467. The number of carbonyl (C=O) groups excluding carboxylic acids is 2. The van der Waals surface area contributed by atoms with Crippen LogP contribution in [-0.4, -0.2) is 37.5 Å². The number of halogens is 1. The number of hydrogen-bond acceptors (Lipinski definition) is 3. The van der Waals surface area contributed by atoms with E-state index in [1.165, 1.54) is 0 Å². The highest BCUT2D eigenvalue weighted by atomic mass is 79.9. The Morgan fingerprint density at radius 1 is 1.19 bits per heavy atom. The summed E-state index contributed by atoms with van der Waals surface area (Å²) in [6.07, 6.45) is 0.279. The Hall–Kier alpha value is -1.40. The van der Waals surface area contributed by atoms with Crippen molar-refractivity contribution < 1.29 is 9.59 Å². The largest absolute Gasteiger partial charge is 0.354 e. The second kappa shape index (κ2) is 9.52. The fourth-order valence-electron chi connectivity index (χ4n) is 1.77. The van der Waals surface area contributed by atoms with Crippen molar-refractivity contribution in [2.24, 2.45) is 0 Å². The first kappa shape index (κ1) is 17.7. The van der Waals surface area contributed by atoms with Crippen LogP contribution in [0.3, 0.4) is 0 Å². The number of hydrogen-bond donors (Lipinski definition) is 3. The van der Waals surface area contributed by atoms with E-state index in [4.69, 9.17) is 0 Å². The normalized spacial score (nSPS) is 11.8. The summed E-state index contributed by atoms with van der Waals surface area (Å²) in [4.78, 5) is 23.4. The highest BCUT2D eigenvalue weighted by molar-refractivity contribution is 9.10. The zero-order chi connectivity index (χ0) is 15.7. The second-order valence-electron chi connectivity index (χ2n) is 4.78. The van der Waals surface area contributed by atoms with Crippen LogP contribution in [0.1, 0.15) is 30.6 Å². The van der Waals surface area contributed by atoms with Crippen LogP contribution >= 0.6 is 15.9 Å². The van der Waals surface area contributed by atoms with Crippen molar-refractivity contribution in [3.63, 3.8) is 0 Å². The molecule has 0 aromatic heterocycles. The van der Waals surface area contributed by atoms with Gasteiger partial charge in [-0.1, -0.05) is 22.9 Å². The van der Waals surface area contributed by atoms with E-state index in [0.717, 1.165) is 11.0 Å². The van der Waals surface area contributed by atoms with E-state index in [-0.39, 0.29) is 24.3 Å². The second-order valence-corrected chi connectivity index (χ2v) is 5.69. The zero-order valence-corrected chi connectivity index (χ0v) is 14.0. The third-order valence-corrected chi connectivity index (χ3v) is 3.43. The molecule has 0 fully saturated rings. The summed E-state index contributed by atoms with van der Waals surface area (Å²) >= 11 is 3.32. The highest BCUT2D eigenvalue weighted by Gasteiger charge is 2.07. The molecule has 0 aliphatic carbocycles. The first-order valence-corrected chi connectivity index (χ1v) is 7.86. The lowest BCUT2D eigenvalue weighted by Crippen LogP contribution is -2.39. The first-order valence-electron chi connectivity index (χ1n) is 7.06. The maximum Gasteiger partial charge on any atom is 0.251 e. The van der Waals surface area contributed by atoms with Crippen LogP contribution in [0, 0.1) is 0 Å². The Balaban J connectivity index is 2.22. The lowest BCUT2D eigenvalue weighted by Gasteiger charge is -2.13. The van der Waals surface area contributed by atoms with Gasteiger partial charge in [-0.25, -0.2) is 0 Å². The van der Waals surface area contributed by atoms with Gasteiger partial charge >= 0.3 is 0 Å². The molecule has 1 rings (SSSR count). The van der Waals surface area contributed by atoms with Gasteiger partial charge in [-0.05, 0) is 37.7 Å². The van der Waals surface area contributed by atoms with Crippen LogP contribution in [0.5, 0.6) is 0 Å². The number of amides is 2. The molecule has 2 amide bonds. The van der Waals surface area contributed by atoms with Gasteiger partial charge in [0.05, 0.1) is 0 Å². The molecule has 0 spiro atoms. The van der Waals surface area contributed by atoms with Crippen LogP contribution in [0.15, 0.2) is 28.7 Å². The van der Waals surface area contributed by atoms with E-state index in [9.17, 15) is 9.59 Å². The summed E-state index contributed by atoms with van der Waals surface area (Å²) in [5.74, 6) is -0.229. The molecule has 5 nitrogen and oxygen atoms in total. The number of rotatable bonds is 8. The standard InChI is InChI=1S/C15H22BrN3O2/c1-3-17-11(2)10-19-14(20)8-9-18-15(21)12-4-6-13(16)7-5-12/h4-7,11,17H,3,8-10H2,1-2H3,(H,18,21)(H,19,20)/t11-/m1/s1. The van der Waals surface area contributed by atoms with E-state index in [1.807, 2.05) is 26.0 Å². The molecule has 6 heteroatoms. The van der Waals surface area contributed by atoms with E-state index in [1.54, 1.807) is 12.1 Å². The maximum absolute atomic E-state index is 11.8. The molecule has 116 valence electrons. The monoisotopic (exact) mass is 355 g/mol. The summed E-state index contributed by atoms with van der Waals surface area (Å²) < 4.78 is 0.924. The third kappa shape index (κ3) is 7.24. The Kier molecular flexibility index (Phi) is 8.00. The Labute approximate surface area is 134 Å². The lowest BCUT2D eigenvalue weighted by molar-refractivity contribution is -0.121. The number of benzene rings is 1. The zero-order valence-electron chi connectivity index (χ0n) is 12.4. The van der Waals surface area contributed by atoms with Crippen molar-refractivity contribution in [3.8, 4) is 0 Å². The van der Waals surface area contributed by atoms with E-state index in [0.29, 0.717) is 18.7 Å². The van der Waals surface area contributed by atoms with Crippen molar-refractivity contribution in [2.45, 2.75) is 26.3 Å². The number of likely N-dealkylation sites (N-methyl/N-ethyl adjacent to an activating group) is 1. The molecule has 1 aromatic carbocycles. The van der Waals surface area contributed by atoms with Gasteiger partial charge in [-0.15, -0.1) is 0 Å². The first-order chi connectivity index (χ1) is 10.0. The molecule has 0 heterocycles. The van der Waals surface area contributed by atoms with E-state index in [2.05, 4.69) is 31.9 Å². The molecule has 3 N–H and O–H groups in total. The Morgan fingerprint density at radius 3 is 2.48 bits per heavy atom. The van der Waals surface area contributed by atoms with Gasteiger partial charge in [-0.2, -0.15) is 0 Å². The predicted molar refractivity (Wildman–Crippen MR) is 87.2 cm³/mol. The van der Waals surface area contributed by atoms with Crippen LogP contribution in [0.2, 0.25) is 0 Å². The number of carbonyl (C=O) groups is 2. The van der Waals surface area contributed by atoms with Crippen LogP contribution < -0.4 is 16.0 Å². The smallest absolute Gasteiger partial charge is 0.251 e. The average molecular weight is 356 g/mol. The molecule has 0 radical (unpaired) electrons. The summed E-state index contributed by atoms with van der Waals surface area (Å²) in [6, 6.07) is 7.33. The molecule has 0 bridgehead atoms. The van der Waals surface area contributed by atoms with Gasteiger partial charge in [0.2, 0.25) is 5.91 Å². The average Bonchev–Trinajstić information content (AvgIpc) is 2.46. The Bertz CT molecular complexity index is 462. The predicted octanol–water partition coefficient (Wildman–Crippen LogP) is 1.68. The van der Waals surface area contributed by atoms with E-state index >= 15 is 0 Å². The van der Waals surface area contributed by atoms with E-state index < -0.39 is 0 Å². The minimum absolute atomic E-state index is 0.0594. The summed E-state index contributed by atoms with van der Waals surface area (Å²) in [7, 11) is 0. The molecule has 21 heavy (non-hydrogen) atoms. The quantitative estimate of drug-likeness (QED) is 0.664. The summed E-state index contributed by atoms with van der Waals surface area (Å²) in [5.41, 5.74) is 0.583. The lowest BCUT2D eigenvalue weighted by atomic mass is 10.2. The topological polar surface area (TPSA) is 70.2 Å². The fourth-order valence-corrected chi connectivity index (χ4v) is 2.03. The molecular weight excluding hydrogens is 334 g/mol. The maximum atomic E-state index is 11.8. The van der Waals surface area contributed by atoms with Crippen molar-refractivity contribution >= 4 is 27.7 Å². The molecular formula is C15H22BrN3O2. The van der Waals surface area contributed by atoms with Gasteiger partial charge in [0.1, 0.15) is 0 Å². The molecule has 0 saturated carbocycles. The van der Waals surface area contributed by atoms with Crippen molar-refractivity contribution in [3.05, 3.63) is 34.3 Å². The minimum Gasteiger partial charge on any atom is -0.354 e. The molecule has 0 unspecified atom stereocenters. The molecule has 0 aliphatic rings.